The number of carbonyl (C=O) groups excluding carboxylic acids is 2. The summed E-state index contributed by atoms with van der Waals surface area (Å²) in [6, 6.07) is 9.00. The van der Waals surface area contributed by atoms with E-state index in [1.807, 2.05) is 42.1 Å². The van der Waals surface area contributed by atoms with Gasteiger partial charge in [-0.2, -0.15) is 5.10 Å². The number of rotatable bonds is 4. The van der Waals surface area contributed by atoms with Gasteiger partial charge in [0.05, 0.1) is 28.9 Å². The third-order valence-electron chi connectivity index (χ3n) is 4.92. The number of hydrogen-bond acceptors (Lipinski definition) is 3. The summed E-state index contributed by atoms with van der Waals surface area (Å²) in [6.45, 7) is 2.71. The highest BCUT2D eigenvalue weighted by molar-refractivity contribution is 6.05. The largest absolute Gasteiger partial charge is 0.361 e. The Kier molecular flexibility index (Phi) is 4.20. The van der Waals surface area contributed by atoms with Gasteiger partial charge in [0.1, 0.15) is 0 Å². The number of H-pyrrole nitrogens is 1. The van der Waals surface area contributed by atoms with Crippen LogP contribution < -0.4 is 10.6 Å². The third kappa shape index (κ3) is 2.85. The molecule has 1 fully saturated rings. The zero-order valence-electron chi connectivity index (χ0n) is 14.5. The molecular weight excluding hydrogens is 330 g/mol. The Morgan fingerprint density at radius 3 is 3.08 bits per heavy atom. The van der Waals surface area contributed by atoms with Gasteiger partial charge in [0.25, 0.3) is 5.91 Å². The van der Waals surface area contributed by atoms with Crippen LogP contribution in [0.4, 0.5) is 0 Å². The Balaban J connectivity index is 1.62. The van der Waals surface area contributed by atoms with Gasteiger partial charge < -0.3 is 15.6 Å². The number of aromatic nitrogens is 3. The lowest BCUT2D eigenvalue weighted by molar-refractivity contribution is -0.123. The molecule has 4 rings (SSSR count). The van der Waals surface area contributed by atoms with Crippen LogP contribution in [-0.2, 0) is 11.3 Å². The summed E-state index contributed by atoms with van der Waals surface area (Å²) < 4.78 is 1.85. The highest BCUT2D eigenvalue weighted by Gasteiger charge is 2.33. The van der Waals surface area contributed by atoms with E-state index in [9.17, 15) is 9.59 Å². The average Bonchev–Trinajstić information content (AvgIpc) is 3.31. The lowest BCUT2D eigenvalue weighted by Crippen LogP contribution is -2.50. The summed E-state index contributed by atoms with van der Waals surface area (Å²) >= 11 is 0. The quantitative estimate of drug-likeness (QED) is 0.672. The molecule has 2 aromatic heterocycles. The van der Waals surface area contributed by atoms with Crippen LogP contribution in [0.15, 0.2) is 42.7 Å². The van der Waals surface area contributed by atoms with Crippen molar-refractivity contribution in [3.63, 3.8) is 0 Å². The molecule has 1 aliphatic heterocycles. The van der Waals surface area contributed by atoms with E-state index in [0.717, 1.165) is 16.6 Å². The number of nitrogens with zero attached hydrogens (tertiary/aromatic N) is 2. The normalized spacial score (nSPS) is 20.1. The maximum Gasteiger partial charge on any atom is 0.253 e. The van der Waals surface area contributed by atoms with E-state index in [1.54, 1.807) is 12.3 Å². The van der Waals surface area contributed by atoms with Gasteiger partial charge in [0.15, 0.2) is 0 Å². The second kappa shape index (κ2) is 6.67. The fraction of sp³-hybridized carbons (Fsp3) is 0.316. The minimum absolute atomic E-state index is 0.00387. The molecule has 7 nitrogen and oxygen atoms in total. The molecule has 3 aromatic rings. The Hall–Kier alpha value is -3.09. The van der Waals surface area contributed by atoms with Gasteiger partial charge in [0, 0.05) is 30.7 Å². The number of aromatic amines is 1. The SMILES string of the molecule is CCn1nccc1C1NC(=O)CCC1NC(=O)c1cccc2cc[nH]c12. The number of fused-ring (bicyclic) bond motifs is 1. The number of hydrogen-bond donors (Lipinski definition) is 3. The minimum atomic E-state index is -0.287. The molecule has 2 unspecified atom stereocenters. The highest BCUT2D eigenvalue weighted by atomic mass is 16.2. The van der Waals surface area contributed by atoms with E-state index in [-0.39, 0.29) is 23.9 Å². The van der Waals surface area contributed by atoms with Crippen LogP contribution in [-0.4, -0.2) is 32.6 Å². The molecule has 3 N–H and O–H groups in total. The predicted octanol–water partition coefficient (Wildman–Crippen LogP) is 2.13. The van der Waals surface area contributed by atoms with Crippen LogP contribution in [0.5, 0.6) is 0 Å². The van der Waals surface area contributed by atoms with E-state index in [0.29, 0.717) is 24.9 Å². The summed E-state index contributed by atoms with van der Waals surface area (Å²) in [5.74, 6) is -0.150. The van der Waals surface area contributed by atoms with E-state index in [4.69, 9.17) is 0 Å². The number of benzene rings is 1. The van der Waals surface area contributed by atoms with Crippen LogP contribution in [0.3, 0.4) is 0 Å². The van der Waals surface area contributed by atoms with Crippen LogP contribution >= 0.6 is 0 Å². The van der Waals surface area contributed by atoms with Crippen molar-refractivity contribution in [1.82, 2.24) is 25.4 Å². The lowest BCUT2D eigenvalue weighted by atomic mass is 9.94. The Morgan fingerprint density at radius 2 is 2.23 bits per heavy atom. The first-order valence-corrected chi connectivity index (χ1v) is 8.85. The number of para-hydroxylation sites is 1. The number of aryl methyl sites for hydroxylation is 1. The van der Waals surface area contributed by atoms with Crippen molar-refractivity contribution >= 4 is 22.7 Å². The van der Waals surface area contributed by atoms with Crippen molar-refractivity contribution in [2.24, 2.45) is 0 Å². The molecule has 0 aliphatic carbocycles. The fourth-order valence-electron chi connectivity index (χ4n) is 3.63. The average molecular weight is 351 g/mol. The second-order valence-electron chi connectivity index (χ2n) is 6.48. The zero-order chi connectivity index (χ0) is 18.1. The molecule has 134 valence electrons. The summed E-state index contributed by atoms with van der Waals surface area (Å²) in [4.78, 5) is 28.0. The second-order valence-corrected chi connectivity index (χ2v) is 6.48. The molecule has 1 saturated heterocycles. The molecule has 26 heavy (non-hydrogen) atoms. The third-order valence-corrected chi connectivity index (χ3v) is 4.92. The first-order chi connectivity index (χ1) is 12.7. The first-order valence-electron chi connectivity index (χ1n) is 8.85. The number of carbonyl (C=O) groups is 2. The van der Waals surface area contributed by atoms with Gasteiger partial charge in [-0.05, 0) is 31.5 Å². The van der Waals surface area contributed by atoms with Crippen LogP contribution in [0.1, 0.15) is 41.9 Å². The fourth-order valence-corrected chi connectivity index (χ4v) is 3.63. The Bertz CT molecular complexity index is 958. The summed E-state index contributed by atoms with van der Waals surface area (Å²) in [7, 11) is 0. The van der Waals surface area contributed by atoms with Gasteiger partial charge in [-0.15, -0.1) is 0 Å². The standard InChI is InChI=1S/C19H21N5O2/c1-2-24-15(9-11-21-24)18-14(6-7-16(25)23-18)22-19(26)13-5-3-4-12-8-10-20-17(12)13/h3-5,8-11,14,18,20H,2,6-7H2,1H3,(H,22,26)(H,23,25). The smallest absolute Gasteiger partial charge is 0.253 e. The Morgan fingerprint density at radius 1 is 1.35 bits per heavy atom. The minimum Gasteiger partial charge on any atom is -0.361 e. The molecule has 0 bridgehead atoms. The molecule has 0 spiro atoms. The maximum atomic E-state index is 12.9. The van der Waals surface area contributed by atoms with Crippen molar-refractivity contribution < 1.29 is 9.59 Å². The summed E-state index contributed by atoms with van der Waals surface area (Å²) in [6.07, 6.45) is 4.54. The van der Waals surface area contributed by atoms with Gasteiger partial charge in [-0.3, -0.25) is 14.3 Å². The van der Waals surface area contributed by atoms with Crippen molar-refractivity contribution in [2.45, 2.75) is 38.4 Å². The monoisotopic (exact) mass is 351 g/mol. The molecule has 1 aromatic carbocycles. The molecule has 0 radical (unpaired) electrons. The van der Waals surface area contributed by atoms with Crippen molar-refractivity contribution in [3.05, 3.63) is 54.0 Å². The van der Waals surface area contributed by atoms with E-state index in [2.05, 4.69) is 20.7 Å². The molecule has 7 heteroatoms. The van der Waals surface area contributed by atoms with Gasteiger partial charge in [0.2, 0.25) is 5.91 Å². The van der Waals surface area contributed by atoms with E-state index >= 15 is 0 Å². The predicted molar refractivity (Wildman–Crippen MR) is 97.6 cm³/mol. The number of piperidine rings is 1. The summed E-state index contributed by atoms with van der Waals surface area (Å²) in [5, 5.41) is 11.4. The lowest BCUT2D eigenvalue weighted by Gasteiger charge is -2.33. The Labute approximate surface area is 150 Å². The van der Waals surface area contributed by atoms with Crippen LogP contribution in [0.2, 0.25) is 0 Å². The van der Waals surface area contributed by atoms with Gasteiger partial charge in [-0.25, -0.2) is 0 Å². The zero-order valence-corrected chi connectivity index (χ0v) is 14.5. The summed E-state index contributed by atoms with van der Waals surface area (Å²) in [5.41, 5.74) is 2.33. The number of amides is 2. The van der Waals surface area contributed by atoms with Crippen molar-refractivity contribution in [1.29, 1.82) is 0 Å². The van der Waals surface area contributed by atoms with Crippen molar-refractivity contribution in [3.8, 4) is 0 Å². The number of nitrogens with one attached hydrogen (secondary N) is 3. The molecular formula is C19H21N5O2. The molecule has 2 atom stereocenters. The maximum absolute atomic E-state index is 12.9. The topological polar surface area (TPSA) is 91.8 Å². The highest BCUT2D eigenvalue weighted by Crippen LogP contribution is 2.25. The van der Waals surface area contributed by atoms with Crippen LogP contribution in [0.25, 0.3) is 10.9 Å². The molecule has 2 amide bonds. The molecule has 0 saturated carbocycles. The van der Waals surface area contributed by atoms with Crippen molar-refractivity contribution in [2.75, 3.05) is 0 Å². The first kappa shape index (κ1) is 16.4. The van der Waals surface area contributed by atoms with E-state index in [1.165, 1.54) is 0 Å². The van der Waals surface area contributed by atoms with E-state index < -0.39 is 0 Å². The van der Waals surface area contributed by atoms with Gasteiger partial charge >= 0.3 is 0 Å². The van der Waals surface area contributed by atoms with Gasteiger partial charge in [-0.1, -0.05) is 12.1 Å². The van der Waals surface area contributed by atoms with Crippen LogP contribution in [0, 0.1) is 0 Å². The molecule has 3 heterocycles. The molecule has 1 aliphatic rings.